The third-order valence-corrected chi connectivity index (χ3v) is 3.53. The average molecular weight is 265 g/mol. The fourth-order valence-electron chi connectivity index (χ4n) is 2.35. The molecular formula is C13H23N5O. The number of carbonyl (C=O) groups is 1. The van der Waals surface area contributed by atoms with E-state index in [-0.39, 0.29) is 12.5 Å². The average Bonchev–Trinajstić information content (AvgIpc) is 3.02. The molecule has 0 spiro atoms. The zero-order chi connectivity index (χ0) is 13.5. The normalized spacial score (nSPS) is 15.8. The van der Waals surface area contributed by atoms with Gasteiger partial charge in [0.2, 0.25) is 5.91 Å². The lowest BCUT2D eigenvalue weighted by atomic mass is 10.3. The van der Waals surface area contributed by atoms with Crippen LogP contribution in [0.4, 0.5) is 0 Å². The van der Waals surface area contributed by atoms with Crippen LogP contribution in [0.1, 0.15) is 31.4 Å². The summed E-state index contributed by atoms with van der Waals surface area (Å²) in [4.78, 5) is 14.2. The van der Waals surface area contributed by atoms with Gasteiger partial charge < -0.3 is 10.2 Å². The van der Waals surface area contributed by atoms with Gasteiger partial charge in [-0.1, -0.05) is 5.21 Å². The van der Waals surface area contributed by atoms with Gasteiger partial charge in [0.1, 0.15) is 6.54 Å². The van der Waals surface area contributed by atoms with E-state index in [0.29, 0.717) is 0 Å². The number of nitrogens with zero attached hydrogens (tertiary/aromatic N) is 4. The molecule has 0 aromatic carbocycles. The van der Waals surface area contributed by atoms with Crippen LogP contribution in [-0.4, -0.2) is 52.0 Å². The van der Waals surface area contributed by atoms with E-state index in [0.717, 1.165) is 31.6 Å². The Bertz CT molecular complexity index is 397. The summed E-state index contributed by atoms with van der Waals surface area (Å²) in [5, 5.41) is 10.5. The highest BCUT2D eigenvalue weighted by molar-refractivity contribution is 5.75. The van der Waals surface area contributed by atoms with Gasteiger partial charge in [-0.05, 0) is 52.2 Å². The van der Waals surface area contributed by atoms with Crippen LogP contribution in [-0.2, 0) is 11.3 Å². The Hall–Kier alpha value is -1.43. The first-order valence-electron chi connectivity index (χ1n) is 7.10. The number of hydrogen-bond donors (Lipinski definition) is 1. The number of unbranched alkanes of at least 4 members (excludes halogenated alkanes) is 1. The van der Waals surface area contributed by atoms with Crippen LogP contribution in [0.5, 0.6) is 0 Å². The Morgan fingerprint density at radius 3 is 2.84 bits per heavy atom. The first-order chi connectivity index (χ1) is 9.25. The van der Waals surface area contributed by atoms with E-state index in [4.69, 9.17) is 0 Å². The molecule has 19 heavy (non-hydrogen) atoms. The monoisotopic (exact) mass is 265 g/mol. The molecule has 1 fully saturated rings. The smallest absolute Gasteiger partial charge is 0.241 e. The van der Waals surface area contributed by atoms with Gasteiger partial charge in [-0.25, -0.2) is 4.68 Å². The van der Waals surface area contributed by atoms with E-state index in [1.807, 2.05) is 6.92 Å². The van der Waals surface area contributed by atoms with Crippen molar-refractivity contribution in [1.29, 1.82) is 0 Å². The Morgan fingerprint density at radius 1 is 1.37 bits per heavy atom. The molecule has 2 rings (SSSR count). The van der Waals surface area contributed by atoms with Crippen LogP contribution in [0.3, 0.4) is 0 Å². The van der Waals surface area contributed by atoms with Gasteiger partial charge in [0.15, 0.2) is 0 Å². The van der Waals surface area contributed by atoms with Gasteiger partial charge in [-0.3, -0.25) is 4.79 Å². The van der Waals surface area contributed by atoms with Crippen molar-refractivity contribution in [3.8, 4) is 0 Å². The number of aryl methyl sites for hydroxylation is 1. The fraction of sp³-hybridized carbons (Fsp3) is 0.769. The van der Waals surface area contributed by atoms with Crippen LogP contribution in [0.2, 0.25) is 0 Å². The van der Waals surface area contributed by atoms with Crippen LogP contribution in [0, 0.1) is 6.92 Å². The molecule has 0 radical (unpaired) electrons. The minimum absolute atomic E-state index is 0.00905. The van der Waals surface area contributed by atoms with Gasteiger partial charge in [0.05, 0.1) is 11.9 Å². The molecule has 0 aliphatic carbocycles. The lowest BCUT2D eigenvalue weighted by molar-refractivity contribution is -0.121. The largest absolute Gasteiger partial charge is 0.354 e. The molecular weight excluding hydrogens is 242 g/mol. The Kier molecular flexibility index (Phi) is 5.32. The number of amides is 1. The maximum Gasteiger partial charge on any atom is 0.241 e. The molecule has 1 N–H and O–H groups in total. The molecule has 1 aliphatic heterocycles. The molecule has 6 heteroatoms. The van der Waals surface area contributed by atoms with Crippen molar-refractivity contribution in [2.24, 2.45) is 0 Å². The van der Waals surface area contributed by atoms with Crippen LogP contribution >= 0.6 is 0 Å². The van der Waals surface area contributed by atoms with Crippen LogP contribution < -0.4 is 5.32 Å². The minimum atomic E-state index is 0.00905. The van der Waals surface area contributed by atoms with E-state index in [2.05, 4.69) is 20.5 Å². The Morgan fingerprint density at radius 2 is 2.16 bits per heavy atom. The number of nitrogens with one attached hydrogen (secondary N) is 1. The molecule has 106 valence electrons. The molecule has 6 nitrogen and oxygen atoms in total. The summed E-state index contributed by atoms with van der Waals surface area (Å²) in [5.41, 5.74) is 0.907. The van der Waals surface area contributed by atoms with E-state index in [1.165, 1.54) is 25.9 Å². The molecule has 1 saturated heterocycles. The summed E-state index contributed by atoms with van der Waals surface area (Å²) in [6.45, 7) is 6.57. The number of aromatic nitrogens is 3. The number of hydrogen-bond acceptors (Lipinski definition) is 4. The summed E-state index contributed by atoms with van der Waals surface area (Å²) in [5.74, 6) is 0.00905. The van der Waals surface area contributed by atoms with Gasteiger partial charge in [0.25, 0.3) is 0 Å². The van der Waals surface area contributed by atoms with Crippen molar-refractivity contribution in [3.63, 3.8) is 0 Å². The molecule has 2 heterocycles. The number of rotatable bonds is 7. The summed E-state index contributed by atoms with van der Waals surface area (Å²) in [7, 11) is 0. The summed E-state index contributed by atoms with van der Waals surface area (Å²) < 4.78 is 1.61. The van der Waals surface area contributed by atoms with Gasteiger partial charge in [-0.2, -0.15) is 0 Å². The van der Waals surface area contributed by atoms with E-state index in [9.17, 15) is 4.79 Å². The highest BCUT2D eigenvalue weighted by Crippen LogP contribution is 2.07. The second-order valence-electron chi connectivity index (χ2n) is 5.14. The predicted molar refractivity (Wildman–Crippen MR) is 72.7 cm³/mol. The van der Waals surface area contributed by atoms with Crippen molar-refractivity contribution in [3.05, 3.63) is 11.9 Å². The van der Waals surface area contributed by atoms with Crippen LogP contribution in [0.25, 0.3) is 0 Å². The fourth-order valence-corrected chi connectivity index (χ4v) is 2.35. The highest BCUT2D eigenvalue weighted by Gasteiger charge is 2.10. The first-order valence-corrected chi connectivity index (χ1v) is 7.10. The lowest BCUT2D eigenvalue weighted by Gasteiger charge is -2.14. The van der Waals surface area contributed by atoms with E-state index >= 15 is 0 Å². The number of carbonyl (C=O) groups excluding carboxylic acids is 1. The lowest BCUT2D eigenvalue weighted by Crippen LogP contribution is -2.30. The summed E-state index contributed by atoms with van der Waals surface area (Å²) in [6, 6.07) is 0. The highest BCUT2D eigenvalue weighted by atomic mass is 16.2. The third-order valence-electron chi connectivity index (χ3n) is 3.53. The Labute approximate surface area is 114 Å². The minimum Gasteiger partial charge on any atom is -0.354 e. The van der Waals surface area contributed by atoms with Gasteiger partial charge >= 0.3 is 0 Å². The second-order valence-corrected chi connectivity index (χ2v) is 5.14. The zero-order valence-corrected chi connectivity index (χ0v) is 11.6. The van der Waals surface area contributed by atoms with E-state index < -0.39 is 0 Å². The molecule has 1 aliphatic rings. The summed E-state index contributed by atoms with van der Waals surface area (Å²) in [6.07, 6.45) is 6.53. The van der Waals surface area contributed by atoms with Crippen molar-refractivity contribution in [2.75, 3.05) is 26.2 Å². The maximum absolute atomic E-state index is 11.7. The van der Waals surface area contributed by atoms with Crippen LogP contribution in [0.15, 0.2) is 6.20 Å². The molecule has 0 unspecified atom stereocenters. The molecule has 1 aromatic rings. The SMILES string of the molecule is Cc1cnnn1CC(=O)NCCCCN1CCCC1. The molecule has 0 bridgehead atoms. The number of likely N-dealkylation sites (tertiary alicyclic amines) is 1. The van der Waals surface area contributed by atoms with Crippen molar-refractivity contribution in [2.45, 2.75) is 39.2 Å². The van der Waals surface area contributed by atoms with Gasteiger partial charge in [-0.15, -0.1) is 5.10 Å². The quantitative estimate of drug-likeness (QED) is 0.733. The molecule has 0 saturated carbocycles. The summed E-state index contributed by atoms with van der Waals surface area (Å²) >= 11 is 0. The zero-order valence-electron chi connectivity index (χ0n) is 11.6. The third kappa shape index (κ3) is 4.63. The molecule has 1 amide bonds. The standard InChI is InChI=1S/C13H23N5O/c1-12-10-15-16-18(12)11-13(19)14-6-2-3-7-17-8-4-5-9-17/h10H,2-9,11H2,1H3,(H,14,19). The predicted octanol–water partition coefficient (Wildman–Crippen LogP) is 0.579. The van der Waals surface area contributed by atoms with E-state index in [1.54, 1.807) is 10.9 Å². The maximum atomic E-state index is 11.7. The van der Waals surface area contributed by atoms with Gasteiger partial charge in [0, 0.05) is 6.54 Å². The molecule has 0 atom stereocenters. The van der Waals surface area contributed by atoms with Crippen molar-refractivity contribution >= 4 is 5.91 Å². The topological polar surface area (TPSA) is 63.1 Å². The Balaban J connectivity index is 1.53. The van der Waals surface area contributed by atoms with Crippen molar-refractivity contribution < 1.29 is 4.79 Å². The molecule has 1 aromatic heterocycles. The van der Waals surface area contributed by atoms with Crippen molar-refractivity contribution in [1.82, 2.24) is 25.2 Å². The first kappa shape index (κ1) is 14.0. The second kappa shape index (κ2) is 7.23.